The topological polar surface area (TPSA) is 67.6 Å². The Labute approximate surface area is 124 Å². The molecule has 1 unspecified atom stereocenters. The lowest BCUT2D eigenvalue weighted by Crippen LogP contribution is -2.00. The highest BCUT2D eigenvalue weighted by Gasteiger charge is 2.15. The zero-order chi connectivity index (χ0) is 15.0. The Kier molecular flexibility index (Phi) is 3.53. The second kappa shape index (κ2) is 5.35. The summed E-state index contributed by atoms with van der Waals surface area (Å²) in [6.07, 6.45) is 4.27. The maximum absolute atomic E-state index is 6.01. The van der Waals surface area contributed by atoms with Crippen LogP contribution in [0.4, 0.5) is 5.82 Å². The average Bonchev–Trinajstić information content (AvgIpc) is 2.94. The Bertz CT molecular complexity index is 773. The predicted molar refractivity (Wildman–Crippen MR) is 88.3 cm³/mol. The van der Waals surface area contributed by atoms with E-state index in [-0.39, 0.29) is 0 Å². The molecule has 4 heteroatoms. The molecule has 3 N–H and O–H groups in total. The number of hydrogen-bond donors (Lipinski definition) is 2. The van der Waals surface area contributed by atoms with Crippen LogP contribution in [0.1, 0.15) is 45.1 Å². The number of anilines is 1. The monoisotopic (exact) mass is 282 g/mol. The lowest BCUT2D eigenvalue weighted by atomic mass is 9.89. The van der Waals surface area contributed by atoms with Gasteiger partial charge in [-0.1, -0.05) is 39.3 Å². The van der Waals surface area contributed by atoms with E-state index in [2.05, 4.69) is 48.1 Å². The quantitative estimate of drug-likeness (QED) is 0.752. The largest absolute Gasteiger partial charge is 0.382 e. The van der Waals surface area contributed by atoms with Gasteiger partial charge in [-0.2, -0.15) is 5.10 Å². The van der Waals surface area contributed by atoms with E-state index >= 15 is 0 Å². The number of nitrogens with two attached hydrogens (primary N) is 1. The Morgan fingerprint density at radius 2 is 2.00 bits per heavy atom. The lowest BCUT2D eigenvalue weighted by Gasteiger charge is -2.16. The van der Waals surface area contributed by atoms with Crippen LogP contribution >= 0.6 is 0 Å². The summed E-state index contributed by atoms with van der Waals surface area (Å²) in [6.45, 7) is 6.83. The zero-order valence-corrected chi connectivity index (χ0v) is 12.9. The molecular formula is C17H22N4. The van der Waals surface area contributed by atoms with Crippen LogP contribution in [0.5, 0.6) is 0 Å². The van der Waals surface area contributed by atoms with Crippen LogP contribution in [0.2, 0.25) is 0 Å². The first-order chi connectivity index (χ1) is 10.1. The van der Waals surface area contributed by atoms with Gasteiger partial charge in [0.15, 0.2) is 0 Å². The molecule has 0 radical (unpaired) electrons. The molecule has 0 amide bonds. The van der Waals surface area contributed by atoms with Crippen LogP contribution in [-0.4, -0.2) is 15.2 Å². The van der Waals surface area contributed by atoms with E-state index in [9.17, 15) is 0 Å². The van der Waals surface area contributed by atoms with Crippen molar-refractivity contribution in [2.24, 2.45) is 5.92 Å². The van der Waals surface area contributed by atoms with Gasteiger partial charge in [-0.25, -0.2) is 4.98 Å². The second-order valence-electron chi connectivity index (χ2n) is 6.27. The number of nitrogens with one attached hydrogen (secondary N) is 1. The fourth-order valence-electron chi connectivity index (χ4n) is 2.95. The van der Waals surface area contributed by atoms with Crippen molar-refractivity contribution < 1.29 is 0 Å². The van der Waals surface area contributed by atoms with Crippen LogP contribution in [0, 0.1) is 5.92 Å². The molecule has 4 nitrogen and oxygen atoms in total. The first kappa shape index (κ1) is 13.9. The van der Waals surface area contributed by atoms with Crippen LogP contribution in [0.15, 0.2) is 24.4 Å². The first-order valence-corrected chi connectivity index (χ1v) is 7.59. The van der Waals surface area contributed by atoms with E-state index in [0.717, 1.165) is 22.3 Å². The van der Waals surface area contributed by atoms with Crippen molar-refractivity contribution in [2.75, 3.05) is 5.73 Å². The third-order valence-electron chi connectivity index (χ3n) is 4.19. The number of aromatic nitrogens is 3. The lowest BCUT2D eigenvalue weighted by molar-refractivity contribution is 0.518. The summed E-state index contributed by atoms with van der Waals surface area (Å²) >= 11 is 0. The summed E-state index contributed by atoms with van der Waals surface area (Å²) in [7, 11) is 0. The average molecular weight is 282 g/mol. The van der Waals surface area contributed by atoms with Gasteiger partial charge in [-0.05, 0) is 29.9 Å². The molecule has 0 aliphatic carbocycles. The Morgan fingerprint density at radius 1 is 1.19 bits per heavy atom. The van der Waals surface area contributed by atoms with Gasteiger partial charge >= 0.3 is 0 Å². The number of pyridine rings is 1. The fourth-order valence-corrected chi connectivity index (χ4v) is 2.95. The minimum atomic E-state index is 0.500. The van der Waals surface area contributed by atoms with E-state index in [0.29, 0.717) is 11.7 Å². The number of rotatable bonds is 4. The van der Waals surface area contributed by atoms with Crippen LogP contribution < -0.4 is 5.73 Å². The van der Waals surface area contributed by atoms with Crippen molar-refractivity contribution in [3.05, 3.63) is 30.0 Å². The highest BCUT2D eigenvalue weighted by Crippen LogP contribution is 2.34. The van der Waals surface area contributed by atoms with Gasteiger partial charge in [0.25, 0.3) is 0 Å². The Hall–Kier alpha value is -2.10. The molecule has 110 valence electrons. The van der Waals surface area contributed by atoms with Gasteiger partial charge in [0.2, 0.25) is 0 Å². The molecule has 0 bridgehead atoms. The summed E-state index contributed by atoms with van der Waals surface area (Å²) in [5.74, 6) is 1.74. The van der Waals surface area contributed by atoms with Crippen molar-refractivity contribution in [3.8, 4) is 0 Å². The molecule has 0 aliphatic heterocycles. The molecule has 2 heterocycles. The molecule has 21 heavy (non-hydrogen) atoms. The fraction of sp³-hybridized carbons (Fsp3) is 0.412. The molecule has 0 saturated carbocycles. The number of benzene rings is 1. The predicted octanol–water partition coefficient (Wildman–Crippen LogP) is 4.23. The van der Waals surface area contributed by atoms with Crippen LogP contribution in [-0.2, 0) is 0 Å². The maximum Gasteiger partial charge on any atom is 0.150 e. The number of aromatic amines is 1. The summed E-state index contributed by atoms with van der Waals surface area (Å²) < 4.78 is 0. The van der Waals surface area contributed by atoms with Gasteiger partial charge < -0.3 is 5.73 Å². The number of nitrogen functional groups attached to an aromatic ring is 1. The van der Waals surface area contributed by atoms with Crippen LogP contribution in [0.25, 0.3) is 21.8 Å². The molecule has 1 aromatic carbocycles. The molecule has 0 fully saturated rings. The molecule has 3 aromatic rings. The van der Waals surface area contributed by atoms with E-state index in [1.807, 2.05) is 12.3 Å². The Balaban J connectivity index is 2.16. The van der Waals surface area contributed by atoms with Gasteiger partial charge in [-0.3, -0.25) is 5.10 Å². The highest BCUT2D eigenvalue weighted by atomic mass is 15.1. The number of fused-ring (bicyclic) bond motifs is 3. The maximum atomic E-state index is 6.01. The second-order valence-corrected chi connectivity index (χ2v) is 6.27. The molecular weight excluding hydrogens is 260 g/mol. The molecule has 0 spiro atoms. The van der Waals surface area contributed by atoms with Crippen molar-refractivity contribution in [1.82, 2.24) is 15.2 Å². The van der Waals surface area contributed by atoms with E-state index in [1.165, 1.54) is 23.8 Å². The van der Waals surface area contributed by atoms with E-state index in [1.54, 1.807) is 0 Å². The van der Waals surface area contributed by atoms with E-state index in [4.69, 9.17) is 5.73 Å². The minimum Gasteiger partial charge on any atom is -0.382 e. The molecule has 2 aromatic heterocycles. The van der Waals surface area contributed by atoms with Crippen molar-refractivity contribution in [2.45, 2.75) is 39.5 Å². The minimum absolute atomic E-state index is 0.500. The summed E-state index contributed by atoms with van der Waals surface area (Å²) in [6, 6.07) is 6.30. The number of hydrogen-bond acceptors (Lipinski definition) is 3. The summed E-state index contributed by atoms with van der Waals surface area (Å²) in [4.78, 5) is 4.52. The van der Waals surface area contributed by atoms with E-state index < -0.39 is 0 Å². The SMILES string of the molecule is CC(C)CCC(C)c1cccc2nc(N)c3[nH]ncc3c12. The third kappa shape index (κ3) is 2.46. The third-order valence-corrected chi connectivity index (χ3v) is 4.19. The van der Waals surface area contributed by atoms with Gasteiger partial charge in [0.05, 0.1) is 11.7 Å². The smallest absolute Gasteiger partial charge is 0.150 e. The molecule has 0 saturated heterocycles. The standard InChI is InChI=1S/C17H22N4/c1-10(2)7-8-11(3)12-5-4-6-14-15(12)13-9-19-21-16(13)17(18)20-14/h4-6,9-11H,7-8H2,1-3H3,(H2,18,20)(H,19,21). The highest BCUT2D eigenvalue weighted by molar-refractivity contribution is 6.09. The summed E-state index contributed by atoms with van der Waals surface area (Å²) in [5.41, 5.74) is 9.14. The molecule has 0 aliphatic rings. The number of H-pyrrole nitrogens is 1. The molecule has 3 rings (SSSR count). The normalized spacial score (nSPS) is 13.3. The van der Waals surface area contributed by atoms with Gasteiger partial charge in [0, 0.05) is 10.8 Å². The summed E-state index contributed by atoms with van der Waals surface area (Å²) in [5, 5.41) is 9.36. The van der Waals surface area contributed by atoms with Gasteiger partial charge in [-0.15, -0.1) is 0 Å². The first-order valence-electron chi connectivity index (χ1n) is 7.59. The number of nitrogens with zero attached hydrogens (tertiary/aromatic N) is 2. The Morgan fingerprint density at radius 3 is 2.76 bits per heavy atom. The molecule has 1 atom stereocenters. The van der Waals surface area contributed by atoms with Gasteiger partial charge in [0.1, 0.15) is 11.3 Å². The van der Waals surface area contributed by atoms with Crippen LogP contribution in [0.3, 0.4) is 0 Å². The zero-order valence-electron chi connectivity index (χ0n) is 12.9. The van der Waals surface area contributed by atoms with Crippen molar-refractivity contribution in [1.29, 1.82) is 0 Å². The van der Waals surface area contributed by atoms with Crippen molar-refractivity contribution in [3.63, 3.8) is 0 Å². The van der Waals surface area contributed by atoms with Crippen molar-refractivity contribution >= 4 is 27.6 Å².